The van der Waals surface area contributed by atoms with Gasteiger partial charge in [-0.15, -0.1) is 0 Å². The second-order valence-electron chi connectivity index (χ2n) is 0. The predicted molar refractivity (Wildman–Crippen MR) is 27.7 cm³/mol. The van der Waals surface area contributed by atoms with Crippen LogP contribution in [0.5, 0.6) is 0 Å². The van der Waals surface area contributed by atoms with Crippen molar-refractivity contribution in [3.8, 4) is 0 Å². The molecular weight excluding hydrogens is 286 g/mol. The van der Waals surface area contributed by atoms with Crippen LogP contribution in [0.1, 0.15) is 6.92 Å². The molecule has 0 aromatic rings. The molecule has 54 valence electrons. The van der Waals surface area contributed by atoms with Crippen molar-refractivity contribution in [2.45, 2.75) is 6.92 Å². The van der Waals surface area contributed by atoms with Gasteiger partial charge < -0.3 is 17.9 Å². The van der Waals surface area contributed by atoms with Gasteiger partial charge in [0.2, 0.25) is 0 Å². The van der Waals surface area contributed by atoms with Crippen LogP contribution < -0.4 is 0 Å². The van der Waals surface area contributed by atoms with Crippen molar-refractivity contribution in [3.05, 3.63) is 16.9 Å². The molecule has 0 aromatic heterocycles. The number of nitrogens with one attached hydrogen (secondary N) is 1. The molecule has 0 aliphatic carbocycles. The van der Waals surface area contributed by atoms with Crippen LogP contribution in [0.4, 0.5) is 0 Å². The summed E-state index contributed by atoms with van der Waals surface area (Å²) in [6.07, 6.45) is 0. The van der Waals surface area contributed by atoms with Gasteiger partial charge in [0.1, 0.15) is 0 Å². The van der Waals surface area contributed by atoms with E-state index in [0.29, 0.717) is 0 Å². The molecule has 0 atom stereocenters. The van der Waals surface area contributed by atoms with Crippen LogP contribution in [0.2, 0.25) is 1.41 Å². The third-order valence-electron chi connectivity index (χ3n) is 0. The van der Waals surface area contributed by atoms with Gasteiger partial charge in [0, 0.05) is 9.93 Å². The van der Waals surface area contributed by atoms with Gasteiger partial charge in [-0.3, -0.25) is 0 Å². The zero-order valence-electron chi connectivity index (χ0n) is 5.38. The van der Waals surface area contributed by atoms with E-state index in [9.17, 15) is 0 Å². The van der Waals surface area contributed by atoms with E-state index in [4.69, 9.17) is 11.3 Å². The maximum absolute atomic E-state index is 7.00. The molecule has 0 amide bonds. The summed E-state index contributed by atoms with van der Waals surface area (Å²) < 4.78 is 8.70. The number of hydrogen-bond donors (Lipinski definition) is 1. The Morgan fingerprint density at radius 2 is 1.50 bits per heavy atom. The first-order valence-corrected chi connectivity index (χ1v) is 2.37. The first-order valence-electron chi connectivity index (χ1n) is 1.50. The van der Waals surface area contributed by atoms with Crippen molar-refractivity contribution < 1.29 is 32.0 Å². The van der Waals surface area contributed by atoms with Crippen molar-refractivity contribution in [1.29, 1.82) is 3.91 Å². The Bertz CT molecular complexity index is 32.5. The normalized spacial score (nSPS) is 3.00. The Balaban J connectivity index is -0.00000000825. The molecule has 0 fully saturated rings. The van der Waals surface area contributed by atoms with E-state index in [1.807, 2.05) is 0 Å². The molecule has 0 aliphatic rings. The molecule has 5 N–H and O–H groups in total. The molecule has 0 saturated heterocycles. The average Bonchev–Trinajstić information content (AvgIpc) is 1.78. The summed E-state index contributed by atoms with van der Waals surface area (Å²) in [6.45, 7) is 5.00. The molecule has 5 nitrogen and oxygen atoms in total. The van der Waals surface area contributed by atoms with Crippen LogP contribution in [0.3, 0.4) is 0 Å². The molecule has 0 radical (unpaired) electrons. The van der Waals surface area contributed by atoms with Crippen LogP contribution in [0.15, 0.2) is 0 Å². The SMILES string of the molecule is O.O.O=O.[3H][N]=[W].[CH2-]C. The minimum Gasteiger partial charge on any atom is -0.346 e. The van der Waals surface area contributed by atoms with Gasteiger partial charge in [0.25, 0.3) is 0 Å². The van der Waals surface area contributed by atoms with Crippen LogP contribution in [-0.2, 0) is 19.6 Å². The van der Waals surface area contributed by atoms with E-state index >= 15 is 0 Å². The van der Waals surface area contributed by atoms with Gasteiger partial charge >= 0.3 is 24.9 Å². The average molecular weight is 298 g/mol. The topological polar surface area (TPSA) is 121 Å². The molecule has 0 aliphatic heterocycles. The van der Waals surface area contributed by atoms with Crippen LogP contribution in [-0.4, -0.2) is 11.0 Å². The molecule has 6 heteroatoms. The summed E-state index contributed by atoms with van der Waals surface area (Å²) in [7, 11) is 0. The minimum absolute atomic E-state index is 0. The van der Waals surface area contributed by atoms with E-state index < -0.39 is 0 Å². The molecular formula is C2H10NO4W-. The van der Waals surface area contributed by atoms with E-state index in [0.717, 1.165) is 19.6 Å². The Labute approximate surface area is 60.3 Å². The third kappa shape index (κ3) is 2180000. The van der Waals surface area contributed by atoms with Crippen molar-refractivity contribution in [2.24, 2.45) is 0 Å². The van der Waals surface area contributed by atoms with Gasteiger partial charge in [0.05, 0.1) is 0 Å². The summed E-state index contributed by atoms with van der Waals surface area (Å²) in [5, 5.41) is 0. The second-order valence-corrected chi connectivity index (χ2v) is 0. The Morgan fingerprint density at radius 1 is 1.50 bits per heavy atom. The molecule has 8 heavy (non-hydrogen) atoms. The Kier molecular flexibility index (Phi) is 11200000. The van der Waals surface area contributed by atoms with Gasteiger partial charge in [-0.25, -0.2) is 0 Å². The Morgan fingerprint density at radius 3 is 1.50 bits per heavy atom. The molecule has 0 unspecified atom stereocenters. The van der Waals surface area contributed by atoms with Gasteiger partial charge in [-0.1, -0.05) is 0 Å². The van der Waals surface area contributed by atoms with Crippen LogP contribution >= 0.6 is 0 Å². The first-order chi connectivity index (χ1) is 3.41. The summed E-state index contributed by atoms with van der Waals surface area (Å²) in [6, 6.07) is 0. The minimum atomic E-state index is 0. The number of rotatable bonds is 0. The largest absolute Gasteiger partial charge is 0.346 e. The second kappa shape index (κ2) is 3660000. The monoisotopic (exact) mass is 298 g/mol. The number of hydrogen-bond acceptors (Lipinski definition) is 3. The predicted octanol–water partition coefficient (Wildman–Crippen LogP) is -0.446. The molecule has 0 spiro atoms. The molecule has 0 bridgehead atoms. The fourth-order valence-electron chi connectivity index (χ4n) is 0. The van der Waals surface area contributed by atoms with E-state index in [1.54, 1.807) is 6.92 Å². The fraction of sp³-hybridized carbons (Fsp3) is 0.500. The van der Waals surface area contributed by atoms with Crippen molar-refractivity contribution in [1.82, 2.24) is 0 Å². The molecule has 0 saturated carbocycles. The Hall–Kier alpha value is 0.00831. The van der Waals surface area contributed by atoms with E-state index in [1.165, 1.54) is 0 Å². The van der Waals surface area contributed by atoms with Crippen LogP contribution in [0.25, 0.3) is 0 Å². The molecule has 0 aromatic carbocycles. The third-order valence-corrected chi connectivity index (χ3v) is 0. The van der Waals surface area contributed by atoms with Crippen molar-refractivity contribution in [3.63, 3.8) is 0 Å². The zero-order valence-corrected chi connectivity index (χ0v) is 7.31. The van der Waals surface area contributed by atoms with Crippen LogP contribution in [0, 0.1) is 20.8 Å². The zero-order chi connectivity index (χ0) is 6.71. The standard InChI is InChI=1S/C2H5.HN.O2.2H2O.W/c1-2;;1-2;;;/h1H2,2H3;1H;;2*1H2;/q-1;;;;;/i;1T;;;;. The summed E-state index contributed by atoms with van der Waals surface area (Å²) >= 11 is 0.963. The van der Waals surface area contributed by atoms with Crippen molar-refractivity contribution >= 4 is 0 Å². The summed E-state index contributed by atoms with van der Waals surface area (Å²) in [5.74, 6) is 0. The van der Waals surface area contributed by atoms with Crippen molar-refractivity contribution in [2.75, 3.05) is 0 Å². The maximum atomic E-state index is 7.00. The van der Waals surface area contributed by atoms with E-state index in [2.05, 4.69) is 10.8 Å². The van der Waals surface area contributed by atoms with E-state index in [-0.39, 0.29) is 11.0 Å². The van der Waals surface area contributed by atoms with Gasteiger partial charge in [-0.05, 0) is 0 Å². The summed E-state index contributed by atoms with van der Waals surface area (Å²) in [5.41, 5.74) is 0. The van der Waals surface area contributed by atoms with Gasteiger partial charge in [0.15, 0.2) is 0 Å². The fourth-order valence-corrected chi connectivity index (χ4v) is 0. The quantitative estimate of drug-likeness (QED) is 0.609. The molecule has 0 heterocycles. The van der Waals surface area contributed by atoms with Gasteiger partial charge in [-0.2, -0.15) is 6.92 Å². The smallest absolute Gasteiger partial charge is 0.194 e. The molecule has 0 rings (SSSR count). The maximum Gasteiger partial charge on any atom is -0.194 e. The first kappa shape index (κ1) is 24.5. The summed E-state index contributed by atoms with van der Waals surface area (Å²) in [4.78, 5) is 14.0.